The summed E-state index contributed by atoms with van der Waals surface area (Å²) in [5.41, 5.74) is -0.687. The van der Waals surface area contributed by atoms with Crippen LogP contribution in [0.2, 0.25) is 5.02 Å². The van der Waals surface area contributed by atoms with E-state index in [-0.39, 0.29) is 18.8 Å². The summed E-state index contributed by atoms with van der Waals surface area (Å²) in [5.74, 6) is -0.686. The highest BCUT2D eigenvalue weighted by molar-refractivity contribution is 6.30. The lowest BCUT2D eigenvalue weighted by Gasteiger charge is -2.17. The SMILES string of the molecule is COCCNC(=O)c1nn(-c2ccc(Cl)cc2)c(=O)n(C(C)c2ccccc2)c1=O. The molecule has 0 aliphatic carbocycles. The molecule has 1 amide bonds. The van der Waals surface area contributed by atoms with Gasteiger partial charge < -0.3 is 10.1 Å². The van der Waals surface area contributed by atoms with Crippen LogP contribution >= 0.6 is 11.6 Å². The van der Waals surface area contributed by atoms with Crippen LogP contribution in [0, 0.1) is 0 Å². The van der Waals surface area contributed by atoms with E-state index in [1.807, 2.05) is 30.3 Å². The van der Waals surface area contributed by atoms with Gasteiger partial charge in [-0.2, -0.15) is 9.78 Å². The molecule has 1 unspecified atom stereocenters. The van der Waals surface area contributed by atoms with E-state index in [1.165, 1.54) is 7.11 Å². The number of hydrogen-bond acceptors (Lipinski definition) is 5. The Morgan fingerprint density at radius 3 is 2.43 bits per heavy atom. The van der Waals surface area contributed by atoms with Gasteiger partial charge >= 0.3 is 5.69 Å². The Labute approximate surface area is 177 Å². The minimum atomic E-state index is -0.767. The van der Waals surface area contributed by atoms with Crippen LogP contribution in [0.1, 0.15) is 29.0 Å². The molecule has 0 aliphatic rings. The summed E-state index contributed by atoms with van der Waals surface area (Å²) in [6, 6.07) is 14.8. The summed E-state index contributed by atoms with van der Waals surface area (Å²) in [5, 5.41) is 7.12. The lowest BCUT2D eigenvalue weighted by Crippen LogP contribution is -2.47. The van der Waals surface area contributed by atoms with Gasteiger partial charge in [-0.1, -0.05) is 41.9 Å². The zero-order valence-corrected chi connectivity index (χ0v) is 17.3. The highest BCUT2D eigenvalue weighted by atomic mass is 35.5. The van der Waals surface area contributed by atoms with Crippen molar-refractivity contribution in [3.63, 3.8) is 0 Å². The molecule has 1 heterocycles. The summed E-state index contributed by atoms with van der Waals surface area (Å²) < 4.78 is 6.98. The molecule has 0 fully saturated rings. The number of carbonyl (C=O) groups excluding carboxylic acids is 1. The van der Waals surface area contributed by atoms with Crippen molar-refractivity contribution in [1.29, 1.82) is 0 Å². The third kappa shape index (κ3) is 4.50. The fraction of sp³-hybridized carbons (Fsp3) is 0.238. The minimum absolute atomic E-state index is 0.199. The zero-order chi connectivity index (χ0) is 21.7. The lowest BCUT2D eigenvalue weighted by molar-refractivity contribution is 0.0927. The van der Waals surface area contributed by atoms with Gasteiger partial charge in [-0.25, -0.2) is 9.36 Å². The van der Waals surface area contributed by atoms with Crippen molar-refractivity contribution < 1.29 is 9.53 Å². The molecule has 0 spiro atoms. The van der Waals surface area contributed by atoms with Crippen molar-refractivity contribution >= 4 is 17.5 Å². The van der Waals surface area contributed by atoms with Gasteiger partial charge in [0.05, 0.1) is 18.3 Å². The van der Waals surface area contributed by atoms with Crippen molar-refractivity contribution in [2.24, 2.45) is 0 Å². The summed E-state index contributed by atoms with van der Waals surface area (Å²) in [4.78, 5) is 38.9. The Kier molecular flexibility index (Phi) is 6.81. The van der Waals surface area contributed by atoms with Crippen molar-refractivity contribution in [3.8, 4) is 5.69 Å². The van der Waals surface area contributed by atoms with E-state index < -0.39 is 23.2 Å². The van der Waals surface area contributed by atoms with Crippen LogP contribution in [-0.2, 0) is 4.74 Å². The molecule has 156 valence electrons. The first kappa shape index (κ1) is 21.5. The molecule has 9 heteroatoms. The average molecular weight is 429 g/mol. The highest BCUT2D eigenvalue weighted by Gasteiger charge is 2.23. The van der Waals surface area contributed by atoms with Gasteiger partial charge in [0.25, 0.3) is 11.5 Å². The Hall–Kier alpha value is -3.23. The molecule has 0 radical (unpaired) electrons. The Morgan fingerprint density at radius 1 is 1.13 bits per heavy atom. The van der Waals surface area contributed by atoms with Crippen molar-refractivity contribution in [2.45, 2.75) is 13.0 Å². The van der Waals surface area contributed by atoms with E-state index >= 15 is 0 Å². The Balaban J connectivity index is 2.19. The summed E-state index contributed by atoms with van der Waals surface area (Å²) in [6.45, 7) is 2.19. The van der Waals surface area contributed by atoms with Crippen molar-refractivity contribution in [3.05, 3.63) is 91.7 Å². The topological polar surface area (TPSA) is 95.2 Å². The number of methoxy groups -OCH3 is 1. The molecule has 3 rings (SSSR count). The maximum Gasteiger partial charge on any atom is 0.352 e. The quantitative estimate of drug-likeness (QED) is 0.581. The third-order valence-electron chi connectivity index (χ3n) is 4.56. The second-order valence-corrected chi connectivity index (χ2v) is 6.97. The number of halogens is 1. The fourth-order valence-electron chi connectivity index (χ4n) is 2.95. The largest absolute Gasteiger partial charge is 0.383 e. The Morgan fingerprint density at radius 2 is 1.80 bits per heavy atom. The molecular weight excluding hydrogens is 408 g/mol. The summed E-state index contributed by atoms with van der Waals surface area (Å²) in [7, 11) is 1.50. The number of aromatic nitrogens is 3. The second-order valence-electron chi connectivity index (χ2n) is 6.53. The van der Waals surface area contributed by atoms with Crippen LogP contribution in [0.3, 0.4) is 0 Å². The molecule has 0 saturated heterocycles. The average Bonchev–Trinajstić information content (AvgIpc) is 2.75. The minimum Gasteiger partial charge on any atom is -0.383 e. The fourth-order valence-corrected chi connectivity index (χ4v) is 3.08. The van der Waals surface area contributed by atoms with Gasteiger partial charge in [0, 0.05) is 18.7 Å². The number of nitrogens with one attached hydrogen (secondary N) is 1. The second kappa shape index (κ2) is 9.51. The first-order valence-electron chi connectivity index (χ1n) is 9.28. The van der Waals surface area contributed by atoms with E-state index in [0.717, 1.165) is 14.8 Å². The molecule has 8 nitrogen and oxygen atoms in total. The normalized spacial score (nSPS) is 11.8. The van der Waals surface area contributed by atoms with E-state index in [4.69, 9.17) is 16.3 Å². The van der Waals surface area contributed by atoms with Crippen LogP contribution in [0.5, 0.6) is 0 Å². The van der Waals surface area contributed by atoms with E-state index in [2.05, 4.69) is 10.4 Å². The summed E-state index contributed by atoms with van der Waals surface area (Å²) >= 11 is 5.94. The van der Waals surface area contributed by atoms with E-state index in [9.17, 15) is 14.4 Å². The predicted octanol–water partition coefficient (Wildman–Crippen LogP) is 2.03. The molecule has 1 aromatic heterocycles. The molecule has 3 aromatic rings. The van der Waals surface area contributed by atoms with Gasteiger partial charge in [-0.3, -0.25) is 9.59 Å². The summed E-state index contributed by atoms with van der Waals surface area (Å²) in [6.07, 6.45) is 0. The van der Waals surface area contributed by atoms with Crippen molar-refractivity contribution in [2.75, 3.05) is 20.3 Å². The molecule has 2 aromatic carbocycles. The van der Waals surface area contributed by atoms with Gasteiger partial charge in [0.2, 0.25) is 5.69 Å². The van der Waals surface area contributed by atoms with Gasteiger partial charge in [0.1, 0.15) is 0 Å². The van der Waals surface area contributed by atoms with Crippen LogP contribution in [0.15, 0.2) is 64.2 Å². The van der Waals surface area contributed by atoms with Crippen LogP contribution < -0.4 is 16.6 Å². The van der Waals surface area contributed by atoms with Crippen LogP contribution in [0.25, 0.3) is 5.69 Å². The monoisotopic (exact) mass is 428 g/mol. The van der Waals surface area contributed by atoms with E-state index in [1.54, 1.807) is 31.2 Å². The molecule has 1 atom stereocenters. The molecule has 30 heavy (non-hydrogen) atoms. The van der Waals surface area contributed by atoms with Crippen LogP contribution in [-0.4, -0.2) is 40.5 Å². The number of hydrogen-bond donors (Lipinski definition) is 1. The number of carbonyl (C=O) groups is 1. The predicted molar refractivity (Wildman–Crippen MR) is 114 cm³/mol. The van der Waals surface area contributed by atoms with Crippen molar-refractivity contribution in [1.82, 2.24) is 19.7 Å². The number of amides is 1. The smallest absolute Gasteiger partial charge is 0.352 e. The highest BCUT2D eigenvalue weighted by Crippen LogP contribution is 2.15. The zero-order valence-electron chi connectivity index (χ0n) is 16.5. The number of nitrogens with zero attached hydrogens (tertiary/aromatic N) is 3. The van der Waals surface area contributed by atoms with Crippen LogP contribution in [0.4, 0.5) is 0 Å². The van der Waals surface area contributed by atoms with E-state index in [0.29, 0.717) is 10.7 Å². The molecule has 0 bridgehead atoms. The molecule has 0 aliphatic heterocycles. The third-order valence-corrected chi connectivity index (χ3v) is 4.81. The number of rotatable bonds is 7. The maximum absolute atomic E-state index is 13.2. The Bertz CT molecular complexity index is 1140. The molecular formula is C21H21ClN4O4. The first-order valence-corrected chi connectivity index (χ1v) is 9.65. The standard InChI is InChI=1S/C21H21ClN4O4/c1-14(15-6-4-3-5-7-15)25-20(28)18(19(27)23-12-13-30-2)24-26(21(25)29)17-10-8-16(22)9-11-17/h3-11,14H,12-13H2,1-2H3,(H,23,27). The van der Waals surface area contributed by atoms with Gasteiger partial charge in [-0.15, -0.1) is 0 Å². The maximum atomic E-state index is 13.2. The van der Waals surface area contributed by atoms with Gasteiger partial charge in [-0.05, 0) is 36.8 Å². The van der Waals surface area contributed by atoms with Gasteiger partial charge in [0.15, 0.2) is 0 Å². The number of ether oxygens (including phenoxy) is 1. The lowest BCUT2D eigenvalue weighted by atomic mass is 10.1. The molecule has 0 saturated carbocycles. The molecule has 1 N–H and O–H groups in total. The number of benzene rings is 2. The first-order chi connectivity index (χ1) is 14.4.